The van der Waals surface area contributed by atoms with Gasteiger partial charge in [0.05, 0.1) is 11.0 Å². The third kappa shape index (κ3) is 1.32. The van der Waals surface area contributed by atoms with Crippen LogP contribution in [0.3, 0.4) is 0 Å². The number of hydrogen-bond acceptors (Lipinski definition) is 2. The third-order valence-corrected chi connectivity index (χ3v) is 1.94. The van der Waals surface area contributed by atoms with E-state index in [1.165, 1.54) is 6.07 Å². The summed E-state index contributed by atoms with van der Waals surface area (Å²) in [5.74, 6) is 0. The lowest BCUT2D eigenvalue weighted by Gasteiger charge is -1.98. The minimum absolute atomic E-state index is 0.435. The van der Waals surface area contributed by atoms with Crippen molar-refractivity contribution < 1.29 is 4.39 Å². The van der Waals surface area contributed by atoms with Gasteiger partial charge in [-0.25, -0.2) is 4.39 Å². The number of hydrogen-bond donors (Lipinski definition) is 2. The molecular weight excluding hydrogens is 187 g/mol. The predicted octanol–water partition coefficient (Wildman–Crippen LogP) is 0.686. The zero-order valence-corrected chi connectivity index (χ0v) is 7.13. The van der Waals surface area contributed by atoms with E-state index in [-0.39, 0.29) is 0 Å². The van der Waals surface area contributed by atoms with Crippen LogP contribution in [-0.4, -0.2) is 9.97 Å². The van der Waals surface area contributed by atoms with Gasteiger partial charge < -0.3 is 9.97 Å². The summed E-state index contributed by atoms with van der Waals surface area (Å²) in [6.07, 6.45) is 0. The molecule has 14 heavy (non-hydrogen) atoms. The van der Waals surface area contributed by atoms with Gasteiger partial charge >= 0.3 is 11.1 Å². The second-order valence-corrected chi connectivity index (χ2v) is 2.92. The summed E-state index contributed by atoms with van der Waals surface area (Å²) in [5.41, 5.74) is -0.0456. The van der Waals surface area contributed by atoms with E-state index < -0.39 is 17.8 Å². The predicted molar refractivity (Wildman–Crippen MR) is 50.0 cm³/mol. The van der Waals surface area contributed by atoms with E-state index in [9.17, 15) is 14.0 Å². The summed E-state index contributed by atoms with van der Waals surface area (Å²) in [5, 5.41) is 0. The van der Waals surface area contributed by atoms with Crippen molar-refractivity contribution in [2.24, 2.45) is 0 Å². The highest BCUT2D eigenvalue weighted by molar-refractivity contribution is 5.74. The Kier molecular flexibility index (Phi) is 1.92. The Balaban J connectivity index is 2.83. The molecule has 0 aliphatic rings. The van der Waals surface area contributed by atoms with E-state index >= 15 is 0 Å². The summed E-state index contributed by atoms with van der Waals surface area (Å²) in [7, 11) is 0. The molecule has 2 N–H and O–H groups in total. The second kappa shape index (κ2) is 3.10. The molecule has 72 valence electrons. The first-order valence-electron chi connectivity index (χ1n) is 4.02. The Morgan fingerprint density at radius 2 is 1.71 bits per heavy atom. The Morgan fingerprint density at radius 3 is 2.36 bits per heavy atom. The Hall–Kier alpha value is -1.91. The molecular formula is C9H7FN2O2. The van der Waals surface area contributed by atoms with E-state index in [0.717, 1.165) is 0 Å². The molecule has 0 atom stereocenters. The summed E-state index contributed by atoms with van der Waals surface area (Å²) in [4.78, 5) is 26.6. The number of benzene rings is 1. The first-order chi connectivity index (χ1) is 6.70. The SMILES string of the molecule is O=c1[nH]c2ccc(CF)cc2[nH]c1=O. The molecule has 2 rings (SSSR count). The summed E-state index contributed by atoms with van der Waals surface area (Å²) in [6.45, 7) is -0.600. The first-order valence-corrected chi connectivity index (χ1v) is 4.02. The quantitative estimate of drug-likeness (QED) is 0.656. The number of aromatic nitrogens is 2. The maximum absolute atomic E-state index is 12.3. The van der Waals surface area contributed by atoms with Gasteiger partial charge in [-0.15, -0.1) is 0 Å². The molecule has 1 aromatic carbocycles. The Bertz CT molecular complexity index is 585. The highest BCUT2D eigenvalue weighted by atomic mass is 19.1. The number of aromatic amines is 2. The van der Waals surface area contributed by atoms with Crippen LogP contribution in [0.4, 0.5) is 4.39 Å². The fraction of sp³-hybridized carbons (Fsp3) is 0.111. The summed E-state index contributed by atoms with van der Waals surface area (Å²) in [6, 6.07) is 4.60. The molecule has 2 aromatic rings. The number of nitrogens with one attached hydrogen (secondary N) is 2. The topological polar surface area (TPSA) is 65.7 Å². The zero-order chi connectivity index (χ0) is 10.1. The number of H-pyrrole nitrogens is 2. The maximum atomic E-state index is 12.3. The fourth-order valence-electron chi connectivity index (χ4n) is 1.25. The van der Waals surface area contributed by atoms with E-state index in [2.05, 4.69) is 9.97 Å². The van der Waals surface area contributed by atoms with Crippen LogP contribution in [0.15, 0.2) is 27.8 Å². The fourth-order valence-corrected chi connectivity index (χ4v) is 1.25. The Morgan fingerprint density at radius 1 is 1.07 bits per heavy atom. The molecule has 0 bridgehead atoms. The second-order valence-electron chi connectivity index (χ2n) is 2.92. The summed E-state index contributed by atoms with van der Waals surface area (Å²) < 4.78 is 12.3. The van der Waals surface area contributed by atoms with Crippen molar-refractivity contribution in [3.05, 3.63) is 44.5 Å². The van der Waals surface area contributed by atoms with Crippen molar-refractivity contribution in [3.63, 3.8) is 0 Å². The van der Waals surface area contributed by atoms with Crippen molar-refractivity contribution in [2.45, 2.75) is 6.67 Å². The molecule has 1 aromatic heterocycles. The molecule has 0 unspecified atom stereocenters. The van der Waals surface area contributed by atoms with Gasteiger partial charge in [0.2, 0.25) is 0 Å². The molecule has 0 amide bonds. The lowest BCUT2D eigenvalue weighted by atomic mass is 10.2. The average Bonchev–Trinajstić information content (AvgIpc) is 2.19. The van der Waals surface area contributed by atoms with Crippen molar-refractivity contribution in [1.29, 1.82) is 0 Å². The number of alkyl halides is 1. The smallest absolute Gasteiger partial charge is 0.314 e. The largest absolute Gasteiger partial charge is 0.316 e. The van der Waals surface area contributed by atoms with Gasteiger partial charge in [-0.2, -0.15) is 0 Å². The van der Waals surface area contributed by atoms with E-state index in [4.69, 9.17) is 0 Å². The van der Waals surface area contributed by atoms with Gasteiger partial charge in [0.15, 0.2) is 0 Å². The van der Waals surface area contributed by atoms with Crippen molar-refractivity contribution >= 4 is 11.0 Å². The van der Waals surface area contributed by atoms with Crippen LogP contribution in [0.25, 0.3) is 11.0 Å². The molecule has 5 heteroatoms. The maximum Gasteiger partial charge on any atom is 0.314 e. The third-order valence-electron chi connectivity index (χ3n) is 1.94. The molecule has 0 saturated carbocycles. The molecule has 1 heterocycles. The highest BCUT2D eigenvalue weighted by Crippen LogP contribution is 2.09. The van der Waals surface area contributed by atoms with Crippen LogP contribution in [-0.2, 0) is 6.67 Å². The number of fused-ring (bicyclic) bond motifs is 1. The highest BCUT2D eigenvalue weighted by Gasteiger charge is 1.99. The summed E-state index contributed by atoms with van der Waals surface area (Å²) >= 11 is 0. The van der Waals surface area contributed by atoms with Gasteiger partial charge in [-0.05, 0) is 17.7 Å². The van der Waals surface area contributed by atoms with Crippen LogP contribution >= 0.6 is 0 Å². The molecule has 0 fully saturated rings. The van der Waals surface area contributed by atoms with E-state index in [1.807, 2.05) is 0 Å². The van der Waals surface area contributed by atoms with Crippen LogP contribution in [0.5, 0.6) is 0 Å². The minimum atomic E-state index is -0.728. The van der Waals surface area contributed by atoms with Crippen molar-refractivity contribution in [2.75, 3.05) is 0 Å². The van der Waals surface area contributed by atoms with Crippen LogP contribution in [0.2, 0.25) is 0 Å². The minimum Gasteiger partial charge on any atom is -0.316 e. The average molecular weight is 194 g/mol. The van der Waals surface area contributed by atoms with E-state index in [0.29, 0.717) is 16.6 Å². The van der Waals surface area contributed by atoms with Gasteiger partial charge in [-0.3, -0.25) is 9.59 Å². The first kappa shape index (κ1) is 8.68. The van der Waals surface area contributed by atoms with Gasteiger partial charge in [0, 0.05) is 0 Å². The number of halogens is 1. The van der Waals surface area contributed by atoms with Crippen LogP contribution in [0.1, 0.15) is 5.56 Å². The molecule has 0 spiro atoms. The molecule has 0 radical (unpaired) electrons. The molecule has 0 aliphatic heterocycles. The monoisotopic (exact) mass is 194 g/mol. The number of rotatable bonds is 1. The van der Waals surface area contributed by atoms with Crippen LogP contribution in [0, 0.1) is 0 Å². The lowest BCUT2D eigenvalue weighted by molar-refractivity contribution is 0.485. The lowest BCUT2D eigenvalue weighted by Crippen LogP contribution is -2.28. The zero-order valence-electron chi connectivity index (χ0n) is 7.13. The molecule has 0 aliphatic carbocycles. The normalized spacial score (nSPS) is 10.6. The Labute approximate surface area is 77.4 Å². The van der Waals surface area contributed by atoms with Gasteiger partial charge in [0.25, 0.3) is 0 Å². The van der Waals surface area contributed by atoms with E-state index in [1.54, 1.807) is 12.1 Å². The van der Waals surface area contributed by atoms with Gasteiger partial charge in [0.1, 0.15) is 6.67 Å². The van der Waals surface area contributed by atoms with Crippen molar-refractivity contribution in [3.8, 4) is 0 Å². The molecule has 0 saturated heterocycles. The van der Waals surface area contributed by atoms with Gasteiger partial charge in [-0.1, -0.05) is 6.07 Å². The van der Waals surface area contributed by atoms with Crippen molar-refractivity contribution in [1.82, 2.24) is 9.97 Å². The molecule has 4 nitrogen and oxygen atoms in total. The van der Waals surface area contributed by atoms with Crippen LogP contribution < -0.4 is 11.1 Å². The standard InChI is InChI=1S/C9H7FN2O2/c10-4-5-1-2-6-7(3-5)12-9(14)8(13)11-6/h1-3H,4H2,(H,11,13)(H,12,14).